The average molecular weight is 319 g/mol. The van der Waals surface area contributed by atoms with Crippen molar-refractivity contribution < 1.29 is 0 Å². The van der Waals surface area contributed by atoms with E-state index in [1.807, 2.05) is 12.1 Å². The highest BCUT2D eigenvalue weighted by atomic mass is 35.5. The summed E-state index contributed by atoms with van der Waals surface area (Å²) in [5.41, 5.74) is 14.8. The maximum absolute atomic E-state index is 6.43. The normalized spacial score (nSPS) is 27.1. The van der Waals surface area contributed by atoms with E-state index in [0.29, 0.717) is 5.92 Å². The monoisotopic (exact) mass is 318 g/mol. The van der Waals surface area contributed by atoms with Crippen molar-refractivity contribution in [1.29, 1.82) is 0 Å². The second-order valence-electron chi connectivity index (χ2n) is 7.23. The largest absolute Gasteiger partial charge is 0.399 e. The van der Waals surface area contributed by atoms with Crippen molar-refractivity contribution in [2.45, 2.75) is 52.5 Å². The summed E-state index contributed by atoms with van der Waals surface area (Å²) in [7, 11) is 0. The van der Waals surface area contributed by atoms with Crippen LogP contribution >= 0.6 is 24.8 Å². The lowest BCUT2D eigenvalue weighted by Gasteiger charge is -2.50. The van der Waals surface area contributed by atoms with Gasteiger partial charge in [-0.2, -0.15) is 0 Å². The summed E-state index contributed by atoms with van der Waals surface area (Å²) in [6, 6.07) is 8.61. The minimum absolute atomic E-state index is 0. The molecule has 1 saturated carbocycles. The Hall–Kier alpha value is -0.440. The molecule has 0 atom stereocenters. The maximum Gasteiger partial charge on any atom is 0.0314 e. The Labute approximate surface area is 135 Å². The predicted octanol–water partition coefficient (Wildman–Crippen LogP) is 4.37. The lowest BCUT2D eigenvalue weighted by atomic mass is 9.57. The molecule has 116 valence electrons. The van der Waals surface area contributed by atoms with E-state index in [1.54, 1.807) is 0 Å². The van der Waals surface area contributed by atoms with Crippen LogP contribution in [0.5, 0.6) is 0 Å². The zero-order valence-electron chi connectivity index (χ0n) is 12.8. The Morgan fingerprint density at radius 1 is 0.900 bits per heavy atom. The van der Waals surface area contributed by atoms with E-state index in [-0.39, 0.29) is 41.7 Å². The van der Waals surface area contributed by atoms with Gasteiger partial charge in [0.2, 0.25) is 0 Å². The van der Waals surface area contributed by atoms with Gasteiger partial charge in [0.25, 0.3) is 0 Å². The Balaban J connectivity index is 0.00000180. The molecule has 1 aromatic carbocycles. The van der Waals surface area contributed by atoms with Gasteiger partial charge >= 0.3 is 0 Å². The fourth-order valence-corrected chi connectivity index (χ4v) is 3.66. The van der Waals surface area contributed by atoms with Crippen LogP contribution in [0.25, 0.3) is 0 Å². The zero-order chi connectivity index (χ0) is 13.6. The van der Waals surface area contributed by atoms with Crippen LogP contribution in [-0.4, -0.2) is 6.04 Å². The van der Waals surface area contributed by atoms with Crippen molar-refractivity contribution in [3.05, 3.63) is 29.8 Å². The van der Waals surface area contributed by atoms with E-state index in [9.17, 15) is 0 Å². The van der Waals surface area contributed by atoms with Crippen molar-refractivity contribution in [1.82, 2.24) is 0 Å². The molecule has 0 aromatic heterocycles. The lowest BCUT2D eigenvalue weighted by molar-refractivity contribution is 0.0610. The summed E-state index contributed by atoms with van der Waals surface area (Å²) in [5, 5.41) is 0. The van der Waals surface area contributed by atoms with Gasteiger partial charge in [0, 0.05) is 11.7 Å². The van der Waals surface area contributed by atoms with Crippen LogP contribution in [0.4, 0.5) is 5.69 Å². The summed E-state index contributed by atoms with van der Waals surface area (Å²) in [4.78, 5) is 0. The second-order valence-corrected chi connectivity index (χ2v) is 7.23. The third-order valence-corrected chi connectivity index (χ3v) is 4.64. The van der Waals surface area contributed by atoms with E-state index in [1.165, 1.54) is 5.56 Å². The molecule has 0 radical (unpaired) electrons. The van der Waals surface area contributed by atoms with Crippen molar-refractivity contribution in [3.63, 3.8) is 0 Å². The zero-order valence-corrected chi connectivity index (χ0v) is 14.5. The Morgan fingerprint density at radius 2 is 1.30 bits per heavy atom. The van der Waals surface area contributed by atoms with Crippen LogP contribution < -0.4 is 11.5 Å². The van der Waals surface area contributed by atoms with Gasteiger partial charge in [0.15, 0.2) is 0 Å². The predicted molar refractivity (Wildman–Crippen MR) is 92.9 cm³/mol. The summed E-state index contributed by atoms with van der Waals surface area (Å²) in [6.07, 6.45) is 2.31. The number of hydrogen-bond acceptors (Lipinski definition) is 2. The SMILES string of the molecule is CC1(C)CC(c2ccc(N)cc2)CC(C)(C)C1N.Cl.Cl. The van der Waals surface area contributed by atoms with Crippen LogP contribution in [-0.2, 0) is 0 Å². The Morgan fingerprint density at radius 3 is 1.70 bits per heavy atom. The van der Waals surface area contributed by atoms with Crippen LogP contribution in [0.2, 0.25) is 0 Å². The number of halogens is 2. The Kier molecular flexibility index (Phi) is 6.41. The standard InChI is InChI=1S/C16H26N2.2ClH/c1-15(2)9-12(10-16(3,4)14(15)18)11-5-7-13(17)8-6-11;;/h5-8,12,14H,9-10,17-18H2,1-4H3;2*1H. The van der Waals surface area contributed by atoms with E-state index in [4.69, 9.17) is 11.5 Å². The number of rotatable bonds is 1. The molecule has 0 heterocycles. The highest BCUT2D eigenvalue weighted by Gasteiger charge is 2.45. The quantitative estimate of drug-likeness (QED) is 0.755. The summed E-state index contributed by atoms with van der Waals surface area (Å²) in [5.74, 6) is 0.593. The first-order valence-electron chi connectivity index (χ1n) is 6.83. The minimum Gasteiger partial charge on any atom is -0.399 e. The van der Waals surface area contributed by atoms with E-state index >= 15 is 0 Å². The minimum atomic E-state index is 0. The van der Waals surface area contributed by atoms with Crippen LogP contribution in [0.15, 0.2) is 24.3 Å². The molecule has 1 fully saturated rings. The molecule has 1 aromatic rings. The van der Waals surface area contributed by atoms with E-state index in [2.05, 4.69) is 39.8 Å². The lowest BCUT2D eigenvalue weighted by Crippen LogP contribution is -2.53. The first-order valence-corrected chi connectivity index (χ1v) is 6.83. The van der Waals surface area contributed by atoms with Gasteiger partial charge in [0.1, 0.15) is 0 Å². The molecule has 2 rings (SSSR count). The van der Waals surface area contributed by atoms with Crippen molar-refractivity contribution in [3.8, 4) is 0 Å². The number of nitrogens with two attached hydrogens (primary N) is 2. The number of hydrogen-bond donors (Lipinski definition) is 2. The van der Waals surface area contributed by atoms with Gasteiger partial charge < -0.3 is 11.5 Å². The van der Waals surface area contributed by atoms with Crippen molar-refractivity contribution in [2.75, 3.05) is 5.73 Å². The summed E-state index contributed by atoms with van der Waals surface area (Å²) in [6.45, 7) is 9.18. The molecule has 4 heteroatoms. The average Bonchev–Trinajstić information content (AvgIpc) is 2.26. The molecule has 4 N–H and O–H groups in total. The fraction of sp³-hybridized carbons (Fsp3) is 0.625. The molecule has 0 amide bonds. The van der Waals surface area contributed by atoms with Crippen LogP contribution in [0.3, 0.4) is 0 Å². The van der Waals surface area contributed by atoms with Gasteiger partial charge in [0.05, 0.1) is 0 Å². The molecular weight excluding hydrogens is 291 g/mol. The first-order chi connectivity index (χ1) is 8.22. The fourth-order valence-electron chi connectivity index (χ4n) is 3.66. The van der Waals surface area contributed by atoms with Crippen molar-refractivity contribution in [2.24, 2.45) is 16.6 Å². The molecule has 0 spiro atoms. The third-order valence-electron chi connectivity index (χ3n) is 4.64. The van der Waals surface area contributed by atoms with E-state index in [0.717, 1.165) is 18.5 Å². The third kappa shape index (κ3) is 3.81. The molecule has 0 bridgehead atoms. The van der Waals surface area contributed by atoms with Gasteiger partial charge in [-0.25, -0.2) is 0 Å². The molecular formula is C16H28Cl2N2. The van der Waals surface area contributed by atoms with Gasteiger partial charge in [-0.1, -0.05) is 39.8 Å². The number of anilines is 1. The molecule has 0 unspecified atom stereocenters. The molecule has 20 heavy (non-hydrogen) atoms. The summed E-state index contributed by atoms with van der Waals surface area (Å²) >= 11 is 0. The van der Waals surface area contributed by atoms with Crippen molar-refractivity contribution >= 4 is 30.5 Å². The molecule has 0 saturated heterocycles. The molecule has 1 aliphatic rings. The number of benzene rings is 1. The van der Waals surface area contributed by atoms with Gasteiger partial charge in [-0.05, 0) is 47.3 Å². The smallest absolute Gasteiger partial charge is 0.0314 e. The van der Waals surface area contributed by atoms with Crippen LogP contribution in [0, 0.1) is 10.8 Å². The molecule has 2 nitrogen and oxygen atoms in total. The molecule has 0 aliphatic heterocycles. The highest BCUT2D eigenvalue weighted by Crippen LogP contribution is 2.50. The first kappa shape index (κ1) is 19.6. The summed E-state index contributed by atoms with van der Waals surface area (Å²) < 4.78 is 0. The highest BCUT2D eigenvalue weighted by molar-refractivity contribution is 5.85. The van der Waals surface area contributed by atoms with Gasteiger partial charge in [-0.3, -0.25) is 0 Å². The van der Waals surface area contributed by atoms with Crippen LogP contribution in [0.1, 0.15) is 52.0 Å². The molecule has 1 aliphatic carbocycles. The maximum atomic E-state index is 6.43. The second kappa shape index (κ2) is 6.55. The van der Waals surface area contributed by atoms with E-state index < -0.39 is 0 Å². The topological polar surface area (TPSA) is 52.0 Å². The number of nitrogen functional groups attached to an aromatic ring is 1. The van der Waals surface area contributed by atoms with Gasteiger partial charge in [-0.15, -0.1) is 24.8 Å². The Bertz CT molecular complexity index is 409.